The SMILES string of the molecule is Fc1ccccc1CNc1ncc2nc(-c3ccccc3F)n(C3CCNCC3)c2n1. The van der Waals surface area contributed by atoms with Crippen LogP contribution in [0.5, 0.6) is 0 Å². The molecule has 1 fully saturated rings. The van der Waals surface area contributed by atoms with Gasteiger partial charge in [-0.3, -0.25) is 0 Å². The van der Waals surface area contributed by atoms with Crippen molar-refractivity contribution in [3.05, 3.63) is 71.9 Å². The van der Waals surface area contributed by atoms with Crippen molar-refractivity contribution in [2.24, 2.45) is 0 Å². The van der Waals surface area contributed by atoms with Gasteiger partial charge in [0.2, 0.25) is 5.95 Å². The molecule has 0 radical (unpaired) electrons. The Balaban J connectivity index is 1.56. The molecule has 0 aliphatic carbocycles. The van der Waals surface area contributed by atoms with Crippen LogP contribution in [0, 0.1) is 11.6 Å². The van der Waals surface area contributed by atoms with Gasteiger partial charge in [-0.25, -0.2) is 18.7 Å². The van der Waals surface area contributed by atoms with Gasteiger partial charge >= 0.3 is 0 Å². The standard InChI is InChI=1S/C23H22F2N6/c24-18-7-3-1-5-15(18)13-27-23-28-14-20-22(30-23)31(16-9-11-26-12-10-16)21(29-20)17-6-2-4-8-19(17)25/h1-8,14,16,26H,9-13H2,(H,27,28,30). The molecule has 158 valence electrons. The fraction of sp³-hybridized carbons (Fsp3) is 0.261. The Morgan fingerprint density at radius 3 is 2.48 bits per heavy atom. The zero-order chi connectivity index (χ0) is 21.2. The van der Waals surface area contributed by atoms with E-state index in [4.69, 9.17) is 0 Å². The van der Waals surface area contributed by atoms with Gasteiger partial charge < -0.3 is 15.2 Å². The first-order valence-electron chi connectivity index (χ1n) is 10.4. The number of anilines is 1. The monoisotopic (exact) mass is 420 g/mol. The van der Waals surface area contributed by atoms with E-state index >= 15 is 0 Å². The Labute approximate surface area is 178 Å². The number of halogens is 2. The minimum absolute atomic E-state index is 0.148. The highest BCUT2D eigenvalue weighted by Crippen LogP contribution is 2.32. The predicted molar refractivity (Wildman–Crippen MR) is 116 cm³/mol. The first-order chi connectivity index (χ1) is 15.2. The van der Waals surface area contributed by atoms with Crippen LogP contribution in [-0.2, 0) is 6.54 Å². The minimum atomic E-state index is -0.321. The lowest BCUT2D eigenvalue weighted by Crippen LogP contribution is -2.29. The van der Waals surface area contributed by atoms with Gasteiger partial charge in [0, 0.05) is 18.2 Å². The summed E-state index contributed by atoms with van der Waals surface area (Å²) in [5, 5.41) is 6.46. The van der Waals surface area contributed by atoms with Crippen molar-refractivity contribution in [2.75, 3.05) is 18.4 Å². The van der Waals surface area contributed by atoms with Crippen molar-refractivity contribution >= 4 is 17.1 Å². The van der Waals surface area contributed by atoms with E-state index in [9.17, 15) is 8.78 Å². The number of hydrogen-bond acceptors (Lipinski definition) is 5. The molecule has 4 aromatic rings. The molecule has 2 N–H and O–H groups in total. The highest BCUT2D eigenvalue weighted by Gasteiger charge is 2.24. The maximum atomic E-state index is 14.6. The van der Waals surface area contributed by atoms with E-state index in [0.29, 0.717) is 34.1 Å². The maximum Gasteiger partial charge on any atom is 0.225 e. The van der Waals surface area contributed by atoms with E-state index in [1.165, 1.54) is 12.1 Å². The Morgan fingerprint density at radius 1 is 0.968 bits per heavy atom. The zero-order valence-electron chi connectivity index (χ0n) is 16.9. The summed E-state index contributed by atoms with van der Waals surface area (Å²) in [5.74, 6) is 0.336. The summed E-state index contributed by atoms with van der Waals surface area (Å²) in [5.41, 5.74) is 2.23. The van der Waals surface area contributed by atoms with Gasteiger partial charge in [0.15, 0.2) is 5.65 Å². The molecule has 0 saturated carbocycles. The van der Waals surface area contributed by atoms with Crippen molar-refractivity contribution in [3.8, 4) is 11.4 Å². The molecule has 0 amide bonds. The van der Waals surface area contributed by atoms with E-state index in [2.05, 4.69) is 25.6 Å². The molecule has 2 aromatic carbocycles. The summed E-state index contributed by atoms with van der Waals surface area (Å²) < 4.78 is 30.6. The lowest BCUT2D eigenvalue weighted by atomic mass is 10.1. The molecule has 0 bridgehead atoms. The Morgan fingerprint density at radius 2 is 1.71 bits per heavy atom. The van der Waals surface area contributed by atoms with Crippen molar-refractivity contribution in [3.63, 3.8) is 0 Å². The van der Waals surface area contributed by atoms with Gasteiger partial charge in [0.1, 0.15) is 23.0 Å². The fourth-order valence-corrected chi connectivity index (χ4v) is 4.04. The van der Waals surface area contributed by atoms with Crippen LogP contribution in [0.1, 0.15) is 24.4 Å². The largest absolute Gasteiger partial charge is 0.350 e. The third kappa shape index (κ3) is 3.86. The van der Waals surface area contributed by atoms with Crippen LogP contribution in [0.15, 0.2) is 54.7 Å². The summed E-state index contributed by atoms with van der Waals surface area (Å²) in [7, 11) is 0. The van der Waals surface area contributed by atoms with E-state index in [1.807, 2.05) is 4.57 Å². The number of piperidine rings is 1. The summed E-state index contributed by atoms with van der Waals surface area (Å²) in [4.78, 5) is 13.7. The molecular formula is C23H22F2N6. The van der Waals surface area contributed by atoms with Gasteiger partial charge in [0.05, 0.1) is 11.8 Å². The molecule has 8 heteroatoms. The second kappa shape index (κ2) is 8.39. The van der Waals surface area contributed by atoms with E-state index < -0.39 is 0 Å². The average Bonchev–Trinajstić information content (AvgIpc) is 3.18. The molecule has 5 rings (SSSR count). The Hall–Kier alpha value is -3.39. The first-order valence-corrected chi connectivity index (χ1v) is 10.4. The lowest BCUT2D eigenvalue weighted by Gasteiger charge is -2.26. The van der Waals surface area contributed by atoms with Crippen LogP contribution < -0.4 is 10.6 Å². The summed E-state index contributed by atoms with van der Waals surface area (Å²) in [6, 6.07) is 13.4. The maximum absolute atomic E-state index is 14.6. The average molecular weight is 420 g/mol. The third-order valence-corrected chi connectivity index (χ3v) is 5.62. The van der Waals surface area contributed by atoms with E-state index in [0.717, 1.165) is 25.9 Å². The number of nitrogens with zero attached hydrogens (tertiary/aromatic N) is 4. The van der Waals surface area contributed by atoms with Crippen LogP contribution in [0.2, 0.25) is 0 Å². The topological polar surface area (TPSA) is 67.7 Å². The first kappa shape index (κ1) is 19.6. The number of hydrogen-bond donors (Lipinski definition) is 2. The molecule has 0 unspecified atom stereocenters. The third-order valence-electron chi connectivity index (χ3n) is 5.62. The van der Waals surface area contributed by atoms with E-state index in [1.54, 1.807) is 42.6 Å². The van der Waals surface area contributed by atoms with Crippen LogP contribution in [0.25, 0.3) is 22.6 Å². The van der Waals surface area contributed by atoms with Crippen molar-refractivity contribution in [2.45, 2.75) is 25.4 Å². The lowest BCUT2D eigenvalue weighted by molar-refractivity contribution is 0.376. The molecule has 1 aliphatic heterocycles. The minimum Gasteiger partial charge on any atom is -0.350 e. The van der Waals surface area contributed by atoms with Crippen LogP contribution in [-0.4, -0.2) is 32.6 Å². The fourth-order valence-electron chi connectivity index (χ4n) is 4.04. The number of imidazole rings is 1. The van der Waals surface area contributed by atoms with Gasteiger partial charge in [-0.15, -0.1) is 0 Å². The molecule has 31 heavy (non-hydrogen) atoms. The second-order valence-corrected chi connectivity index (χ2v) is 7.61. The molecule has 0 atom stereocenters. The molecule has 0 spiro atoms. The van der Waals surface area contributed by atoms with Crippen molar-refractivity contribution < 1.29 is 8.78 Å². The van der Waals surface area contributed by atoms with Crippen LogP contribution in [0.3, 0.4) is 0 Å². The van der Waals surface area contributed by atoms with Crippen LogP contribution in [0.4, 0.5) is 14.7 Å². The number of nitrogens with one attached hydrogen (secondary N) is 2. The normalized spacial score (nSPS) is 14.8. The molecular weight excluding hydrogens is 398 g/mol. The Bertz CT molecular complexity index is 1220. The molecule has 3 heterocycles. The molecule has 1 aliphatic rings. The second-order valence-electron chi connectivity index (χ2n) is 7.61. The summed E-state index contributed by atoms with van der Waals surface area (Å²) >= 11 is 0. The highest BCUT2D eigenvalue weighted by atomic mass is 19.1. The zero-order valence-corrected chi connectivity index (χ0v) is 16.9. The van der Waals surface area contributed by atoms with Crippen molar-refractivity contribution in [1.82, 2.24) is 24.8 Å². The van der Waals surface area contributed by atoms with Gasteiger partial charge in [-0.05, 0) is 44.1 Å². The quantitative estimate of drug-likeness (QED) is 0.504. The van der Waals surface area contributed by atoms with Crippen molar-refractivity contribution in [1.29, 1.82) is 0 Å². The van der Waals surface area contributed by atoms with Gasteiger partial charge in [-0.1, -0.05) is 30.3 Å². The Kier molecular flexibility index (Phi) is 5.30. The smallest absolute Gasteiger partial charge is 0.225 e. The number of rotatable bonds is 5. The number of fused-ring (bicyclic) bond motifs is 1. The predicted octanol–water partition coefficient (Wildman–Crippen LogP) is 4.31. The van der Waals surface area contributed by atoms with Gasteiger partial charge in [-0.2, -0.15) is 4.98 Å². The summed E-state index contributed by atoms with van der Waals surface area (Å²) in [6.07, 6.45) is 3.43. The summed E-state index contributed by atoms with van der Waals surface area (Å²) in [6.45, 7) is 2.02. The molecule has 2 aromatic heterocycles. The van der Waals surface area contributed by atoms with E-state index in [-0.39, 0.29) is 24.2 Å². The van der Waals surface area contributed by atoms with Crippen LogP contribution >= 0.6 is 0 Å². The number of aromatic nitrogens is 4. The number of benzene rings is 2. The molecule has 6 nitrogen and oxygen atoms in total. The highest BCUT2D eigenvalue weighted by molar-refractivity contribution is 5.78. The van der Waals surface area contributed by atoms with Gasteiger partial charge in [0.25, 0.3) is 0 Å². The molecule has 1 saturated heterocycles.